The van der Waals surface area contributed by atoms with Crippen molar-refractivity contribution < 1.29 is 18.7 Å². The number of piperazine rings is 1. The molecule has 0 unspecified atom stereocenters. The normalized spacial score (nSPS) is 22.5. The highest BCUT2D eigenvalue weighted by Gasteiger charge is 2.46. The van der Waals surface area contributed by atoms with Gasteiger partial charge in [-0.1, -0.05) is 36.4 Å². The largest absolute Gasteiger partial charge is 0.463 e. The first-order chi connectivity index (χ1) is 22.6. The Bertz CT molecular complexity index is 1710. The van der Waals surface area contributed by atoms with Crippen LogP contribution in [0.25, 0.3) is 15.6 Å². The Kier molecular flexibility index (Phi) is 9.55. The first kappa shape index (κ1) is 32.9. The van der Waals surface area contributed by atoms with E-state index in [9.17, 15) is 9.18 Å². The Morgan fingerprint density at radius 2 is 2.02 bits per heavy atom. The zero-order valence-corrected chi connectivity index (χ0v) is 28.0. The van der Waals surface area contributed by atoms with Crippen LogP contribution in [-0.4, -0.2) is 105 Å². The van der Waals surface area contributed by atoms with Gasteiger partial charge in [-0.2, -0.15) is 9.97 Å². The van der Waals surface area contributed by atoms with Crippen molar-refractivity contribution in [1.82, 2.24) is 19.8 Å². The van der Waals surface area contributed by atoms with Crippen molar-refractivity contribution in [3.8, 4) is 6.01 Å². The zero-order valence-electron chi connectivity index (χ0n) is 27.2. The van der Waals surface area contributed by atoms with Crippen LogP contribution in [0, 0.1) is 17.8 Å². The molecule has 1 atom stereocenters. The molecule has 1 aromatic heterocycles. The van der Waals surface area contributed by atoms with Gasteiger partial charge >= 0.3 is 6.01 Å². The fourth-order valence-electron chi connectivity index (χ4n) is 7.45. The van der Waals surface area contributed by atoms with Crippen molar-refractivity contribution in [2.24, 2.45) is 5.41 Å². The van der Waals surface area contributed by atoms with Crippen molar-refractivity contribution in [2.75, 3.05) is 76.9 Å². The molecule has 1 amide bonds. The Hall–Kier alpha value is -3.98. The van der Waals surface area contributed by atoms with E-state index in [1.807, 2.05) is 18.2 Å². The lowest BCUT2D eigenvalue weighted by Crippen LogP contribution is -2.56. The summed E-state index contributed by atoms with van der Waals surface area (Å²) in [6.45, 7) is 15.3. The number of hydrogen-bond donors (Lipinski definition) is 0. The van der Waals surface area contributed by atoms with Crippen LogP contribution < -0.4 is 14.5 Å². The molecular formula is C35H41ClFN7O3. The molecule has 2 fully saturated rings. The number of amides is 1. The van der Waals surface area contributed by atoms with Crippen molar-refractivity contribution in [3.05, 3.63) is 76.5 Å². The van der Waals surface area contributed by atoms with Crippen molar-refractivity contribution in [3.63, 3.8) is 0 Å². The Labute approximate surface area is 280 Å². The predicted octanol–water partition coefficient (Wildman–Crippen LogP) is 4.84. The van der Waals surface area contributed by atoms with Gasteiger partial charge in [-0.3, -0.25) is 4.79 Å². The van der Waals surface area contributed by atoms with E-state index in [0.717, 1.165) is 47.5 Å². The second-order valence-corrected chi connectivity index (χ2v) is 13.5. The molecule has 3 aromatic rings. The molecule has 6 rings (SSSR count). The molecule has 3 heterocycles. The predicted molar refractivity (Wildman–Crippen MR) is 182 cm³/mol. The molecule has 248 valence electrons. The van der Waals surface area contributed by atoms with Crippen LogP contribution in [-0.2, 0) is 22.5 Å². The summed E-state index contributed by atoms with van der Waals surface area (Å²) in [6.07, 6.45) is 3.95. The molecular weight excluding hydrogens is 621 g/mol. The fourth-order valence-corrected chi connectivity index (χ4v) is 7.71. The number of rotatable bonds is 10. The van der Waals surface area contributed by atoms with E-state index in [1.54, 1.807) is 18.1 Å². The molecule has 10 nitrogen and oxygen atoms in total. The van der Waals surface area contributed by atoms with E-state index in [4.69, 9.17) is 37.6 Å². The van der Waals surface area contributed by atoms with E-state index in [2.05, 4.69) is 40.2 Å². The van der Waals surface area contributed by atoms with Crippen molar-refractivity contribution in [2.45, 2.75) is 38.0 Å². The second-order valence-electron chi connectivity index (χ2n) is 13.1. The van der Waals surface area contributed by atoms with Crippen LogP contribution >= 0.6 is 11.6 Å². The van der Waals surface area contributed by atoms with Crippen LogP contribution in [0.5, 0.6) is 6.01 Å². The maximum Gasteiger partial charge on any atom is 0.318 e. The summed E-state index contributed by atoms with van der Waals surface area (Å²) in [5.41, 5.74) is 2.62. The summed E-state index contributed by atoms with van der Waals surface area (Å²) in [7, 11) is 5.87. The van der Waals surface area contributed by atoms with Crippen LogP contribution in [0.15, 0.2) is 43.0 Å². The highest BCUT2D eigenvalue weighted by atomic mass is 35.5. The van der Waals surface area contributed by atoms with Gasteiger partial charge in [-0.05, 0) is 57.0 Å². The lowest BCUT2D eigenvalue weighted by Gasteiger charge is -2.47. The Morgan fingerprint density at radius 3 is 2.74 bits per heavy atom. The number of aromatic nitrogens is 2. The minimum atomic E-state index is -0.453. The number of carbonyl (C=O) groups is 1. The highest BCUT2D eigenvalue weighted by molar-refractivity contribution is 6.36. The number of anilines is 2. The molecule has 1 aliphatic carbocycles. The average Bonchev–Trinajstić information content (AvgIpc) is 3.06. The highest BCUT2D eigenvalue weighted by Crippen LogP contribution is 2.44. The molecule has 0 bridgehead atoms. The van der Waals surface area contributed by atoms with E-state index in [1.165, 1.54) is 12.1 Å². The van der Waals surface area contributed by atoms with Gasteiger partial charge in [0.25, 0.3) is 0 Å². The van der Waals surface area contributed by atoms with E-state index >= 15 is 0 Å². The number of ether oxygens (including phenoxy) is 2. The quantitative estimate of drug-likeness (QED) is 0.226. The Balaban J connectivity index is 1.35. The third kappa shape index (κ3) is 6.59. The smallest absolute Gasteiger partial charge is 0.318 e. The van der Waals surface area contributed by atoms with Crippen LogP contribution in [0.2, 0.25) is 5.02 Å². The number of halogens is 2. The maximum absolute atomic E-state index is 14.6. The van der Waals surface area contributed by atoms with Gasteiger partial charge in [0, 0.05) is 61.9 Å². The number of carbonyl (C=O) groups excluding carboxylic acids is 1. The molecule has 2 aromatic carbocycles. The van der Waals surface area contributed by atoms with E-state index in [0.29, 0.717) is 57.1 Å². The third-order valence-electron chi connectivity index (χ3n) is 9.63. The first-order valence-corrected chi connectivity index (χ1v) is 16.4. The minimum absolute atomic E-state index is 0.0726. The molecule has 0 radical (unpaired) electrons. The van der Waals surface area contributed by atoms with E-state index in [-0.39, 0.29) is 35.0 Å². The van der Waals surface area contributed by atoms with Crippen molar-refractivity contribution in [1.29, 1.82) is 0 Å². The van der Waals surface area contributed by atoms with Crippen LogP contribution in [0.1, 0.15) is 24.1 Å². The maximum atomic E-state index is 14.6. The number of nitrogens with zero attached hydrogens (tertiary/aromatic N) is 7. The summed E-state index contributed by atoms with van der Waals surface area (Å²) < 4.78 is 26.7. The van der Waals surface area contributed by atoms with Crippen molar-refractivity contribution >= 4 is 39.8 Å². The molecule has 3 aliphatic rings. The molecule has 0 N–H and O–H groups in total. The monoisotopic (exact) mass is 661 g/mol. The van der Waals surface area contributed by atoms with Crippen LogP contribution in [0.4, 0.5) is 15.9 Å². The van der Waals surface area contributed by atoms with E-state index < -0.39 is 5.82 Å². The minimum Gasteiger partial charge on any atom is -0.463 e. The number of benzene rings is 2. The zero-order chi connectivity index (χ0) is 33.3. The standard InChI is InChI=1S/C35H41ClFN7O3/c1-6-30(45)44-15-14-43(19-24(44)18-38-2)33-26-12-13-42(29-9-7-8-23-10-11-27(37)32(36)31(23)29)20-28(26)39-34(40-33)47-22-35(21-41(3)4)16-25(17-35)46-5/h6-11,24-25H,1,12-22H2,3-5H3/t24-,25?,35?/m0/s1. The number of methoxy groups -OCH3 is 1. The average molecular weight is 662 g/mol. The first-order valence-electron chi connectivity index (χ1n) is 16.0. The summed E-state index contributed by atoms with van der Waals surface area (Å²) in [4.78, 5) is 34.5. The molecule has 47 heavy (non-hydrogen) atoms. The molecule has 2 aliphatic heterocycles. The van der Waals surface area contributed by atoms with Gasteiger partial charge in [-0.25, -0.2) is 11.0 Å². The topological polar surface area (TPSA) is 78.6 Å². The lowest BCUT2D eigenvalue weighted by atomic mass is 9.67. The SMILES string of the molecule is [C-]#[N+]C[C@H]1CN(c2nc(OCC3(CN(C)C)CC(OC)C3)nc3c2CCN(c2cccc4ccc(F)c(Cl)c24)C3)CCN1C(=O)C=C. The molecule has 0 spiro atoms. The third-order valence-corrected chi connectivity index (χ3v) is 10.0. The fraction of sp³-hybridized carbons (Fsp3) is 0.486. The number of hydrogen-bond acceptors (Lipinski definition) is 8. The molecule has 1 saturated carbocycles. The lowest BCUT2D eigenvalue weighted by molar-refractivity contribution is -0.128. The summed E-state index contributed by atoms with van der Waals surface area (Å²) in [5, 5.41) is 1.65. The van der Waals surface area contributed by atoms with Gasteiger partial charge in [-0.15, -0.1) is 0 Å². The van der Waals surface area contributed by atoms with Gasteiger partial charge < -0.3 is 33.9 Å². The Morgan fingerprint density at radius 1 is 1.21 bits per heavy atom. The number of fused-ring (bicyclic) bond motifs is 2. The summed E-state index contributed by atoms with van der Waals surface area (Å²) >= 11 is 6.52. The molecule has 12 heteroatoms. The summed E-state index contributed by atoms with van der Waals surface area (Å²) in [6, 6.07) is 9.01. The molecule has 1 saturated heterocycles. The second kappa shape index (κ2) is 13.6. The van der Waals surface area contributed by atoms with Gasteiger partial charge in [0.05, 0.1) is 30.0 Å². The van der Waals surface area contributed by atoms with Gasteiger partial charge in [0.15, 0.2) is 0 Å². The van der Waals surface area contributed by atoms with Crippen LogP contribution in [0.3, 0.4) is 0 Å². The van der Waals surface area contributed by atoms with Gasteiger partial charge in [0.2, 0.25) is 12.5 Å². The summed E-state index contributed by atoms with van der Waals surface area (Å²) in [5.74, 6) is 0.150. The van der Waals surface area contributed by atoms with Gasteiger partial charge in [0.1, 0.15) is 17.7 Å².